The molecule has 29 heavy (non-hydrogen) atoms. The van der Waals surface area contributed by atoms with Gasteiger partial charge in [0.05, 0.1) is 5.56 Å². The van der Waals surface area contributed by atoms with Crippen LogP contribution in [-0.2, 0) is 16.4 Å². The molecule has 0 atom stereocenters. The molecule has 2 heterocycles. The Bertz CT molecular complexity index is 726. The Morgan fingerprint density at radius 1 is 0.966 bits per heavy atom. The van der Waals surface area contributed by atoms with Gasteiger partial charge in [0.2, 0.25) is 5.91 Å². The first-order chi connectivity index (χ1) is 13.5. The fourth-order valence-electron chi connectivity index (χ4n) is 4.16. The normalized spacial score (nSPS) is 20.2. The lowest BCUT2D eigenvalue weighted by molar-refractivity contribution is -0.139. The largest absolute Gasteiger partial charge is 0.418 e. The Morgan fingerprint density at radius 2 is 1.55 bits per heavy atom. The molecule has 1 amide bonds. The molecule has 4 nitrogen and oxygen atoms in total. The molecule has 2 aliphatic heterocycles. The molecule has 162 valence electrons. The molecule has 1 aromatic carbocycles. The van der Waals surface area contributed by atoms with E-state index in [1.54, 1.807) is 17.0 Å². The summed E-state index contributed by atoms with van der Waals surface area (Å²) in [5, 5.41) is 0. The van der Waals surface area contributed by atoms with Gasteiger partial charge >= 0.3 is 6.18 Å². The highest BCUT2D eigenvalue weighted by Gasteiger charge is 2.37. The van der Waals surface area contributed by atoms with Crippen LogP contribution in [0.25, 0.3) is 0 Å². The summed E-state index contributed by atoms with van der Waals surface area (Å²) in [6.45, 7) is 9.92. The van der Waals surface area contributed by atoms with Crippen molar-refractivity contribution in [3.8, 4) is 0 Å². The second-order valence-corrected chi connectivity index (χ2v) is 9.37. The molecule has 0 unspecified atom stereocenters. The predicted octanol–water partition coefficient (Wildman–Crippen LogP) is 3.99. The zero-order valence-electron chi connectivity index (χ0n) is 17.9. The van der Waals surface area contributed by atoms with Crippen molar-refractivity contribution >= 4 is 11.6 Å². The van der Waals surface area contributed by atoms with Gasteiger partial charge in [0.1, 0.15) is 0 Å². The summed E-state index contributed by atoms with van der Waals surface area (Å²) in [6, 6.07) is 4.69. The van der Waals surface area contributed by atoms with Crippen LogP contribution in [-0.4, -0.2) is 62.0 Å². The third-order valence-electron chi connectivity index (χ3n) is 6.17. The standard InChI is InChI=1S/C22H32F3N3O/c1-21(2,3)17-5-6-19(18(15-17)22(23,24)25)27-9-7-16(8-10-27)20(29)28-13-11-26(4)12-14-28/h5-6,15-16H,7-14H2,1-4H3. The molecular formula is C22H32F3N3O. The number of benzene rings is 1. The van der Waals surface area contributed by atoms with Gasteiger partial charge in [-0.25, -0.2) is 0 Å². The van der Waals surface area contributed by atoms with E-state index in [2.05, 4.69) is 4.90 Å². The van der Waals surface area contributed by atoms with Crippen molar-refractivity contribution in [3.63, 3.8) is 0 Å². The van der Waals surface area contributed by atoms with E-state index in [1.807, 2.05) is 32.7 Å². The van der Waals surface area contributed by atoms with Crippen LogP contribution in [0.3, 0.4) is 0 Å². The number of piperidine rings is 1. The van der Waals surface area contributed by atoms with Crippen LogP contribution >= 0.6 is 0 Å². The number of alkyl halides is 3. The summed E-state index contributed by atoms with van der Waals surface area (Å²) in [4.78, 5) is 18.7. The lowest BCUT2D eigenvalue weighted by atomic mass is 9.85. The zero-order valence-corrected chi connectivity index (χ0v) is 17.9. The van der Waals surface area contributed by atoms with Gasteiger partial charge in [-0.15, -0.1) is 0 Å². The number of rotatable bonds is 2. The van der Waals surface area contributed by atoms with E-state index in [0.29, 0.717) is 31.5 Å². The molecule has 0 N–H and O–H groups in total. The monoisotopic (exact) mass is 411 g/mol. The first kappa shape index (κ1) is 21.9. The fourth-order valence-corrected chi connectivity index (χ4v) is 4.16. The molecule has 0 saturated carbocycles. The van der Waals surface area contributed by atoms with Crippen LogP contribution in [0.4, 0.5) is 18.9 Å². The summed E-state index contributed by atoms with van der Waals surface area (Å²) in [5.74, 6) is 0.0784. The Hall–Kier alpha value is -1.76. The number of piperazine rings is 1. The molecule has 0 radical (unpaired) electrons. The minimum absolute atomic E-state index is 0.0853. The Morgan fingerprint density at radius 3 is 2.07 bits per heavy atom. The maximum atomic E-state index is 13.8. The average molecular weight is 412 g/mol. The van der Waals surface area contributed by atoms with Crippen LogP contribution in [0, 0.1) is 5.92 Å². The fraction of sp³-hybridized carbons (Fsp3) is 0.682. The summed E-state index contributed by atoms with van der Waals surface area (Å²) in [6.07, 6.45) is -3.20. The number of halogens is 3. The van der Waals surface area contributed by atoms with Crippen LogP contribution in [0.5, 0.6) is 0 Å². The molecule has 2 aliphatic rings. The van der Waals surface area contributed by atoms with Crippen LogP contribution in [0.1, 0.15) is 44.7 Å². The SMILES string of the molecule is CN1CCN(C(=O)C2CCN(c3ccc(C(C)(C)C)cc3C(F)(F)F)CC2)CC1. The number of anilines is 1. The average Bonchev–Trinajstić information content (AvgIpc) is 2.66. The van der Waals surface area contributed by atoms with Crippen molar-refractivity contribution in [2.24, 2.45) is 5.92 Å². The minimum Gasteiger partial charge on any atom is -0.371 e. The van der Waals surface area contributed by atoms with Crippen LogP contribution in [0.15, 0.2) is 18.2 Å². The van der Waals surface area contributed by atoms with E-state index in [0.717, 1.165) is 26.2 Å². The van der Waals surface area contributed by atoms with Crippen LogP contribution < -0.4 is 4.90 Å². The summed E-state index contributed by atoms with van der Waals surface area (Å²) in [7, 11) is 2.05. The molecule has 2 fully saturated rings. The molecule has 0 spiro atoms. The molecular weight excluding hydrogens is 379 g/mol. The molecule has 3 rings (SSSR count). The minimum atomic E-state index is -4.40. The number of carbonyl (C=O) groups excluding carboxylic acids is 1. The Kier molecular flexibility index (Phi) is 6.18. The number of likely N-dealkylation sites (N-methyl/N-ethyl adjacent to an activating group) is 1. The maximum Gasteiger partial charge on any atom is 0.418 e. The number of amides is 1. The van der Waals surface area contributed by atoms with Crippen molar-refractivity contribution in [2.45, 2.75) is 45.2 Å². The first-order valence-electron chi connectivity index (χ1n) is 10.4. The third-order valence-corrected chi connectivity index (χ3v) is 6.17. The van der Waals surface area contributed by atoms with Crippen molar-refractivity contribution in [3.05, 3.63) is 29.3 Å². The highest BCUT2D eigenvalue weighted by molar-refractivity contribution is 5.79. The quantitative estimate of drug-likeness (QED) is 0.736. The van der Waals surface area contributed by atoms with E-state index in [9.17, 15) is 18.0 Å². The number of nitrogens with zero attached hydrogens (tertiary/aromatic N) is 3. The second kappa shape index (κ2) is 8.17. The van der Waals surface area contributed by atoms with E-state index in [1.165, 1.54) is 6.07 Å². The highest BCUT2D eigenvalue weighted by atomic mass is 19.4. The molecule has 0 aliphatic carbocycles. The Balaban J connectivity index is 1.71. The molecule has 1 aromatic rings. The van der Waals surface area contributed by atoms with E-state index in [-0.39, 0.29) is 22.9 Å². The summed E-state index contributed by atoms with van der Waals surface area (Å²) >= 11 is 0. The van der Waals surface area contributed by atoms with Gasteiger partial charge in [0, 0.05) is 50.9 Å². The van der Waals surface area contributed by atoms with Crippen molar-refractivity contribution < 1.29 is 18.0 Å². The van der Waals surface area contributed by atoms with Gasteiger partial charge in [-0.05, 0) is 43.0 Å². The third kappa shape index (κ3) is 5.05. The number of hydrogen-bond acceptors (Lipinski definition) is 3. The van der Waals surface area contributed by atoms with Crippen LogP contribution in [0.2, 0.25) is 0 Å². The number of hydrogen-bond donors (Lipinski definition) is 0. The molecule has 7 heteroatoms. The molecule has 0 bridgehead atoms. The van der Waals surface area contributed by atoms with Gasteiger partial charge in [-0.2, -0.15) is 13.2 Å². The van der Waals surface area contributed by atoms with Gasteiger partial charge < -0.3 is 14.7 Å². The summed E-state index contributed by atoms with van der Waals surface area (Å²) < 4.78 is 41.3. The van der Waals surface area contributed by atoms with Crippen molar-refractivity contribution in [1.82, 2.24) is 9.80 Å². The topological polar surface area (TPSA) is 26.8 Å². The van der Waals surface area contributed by atoms with Gasteiger partial charge in [0.15, 0.2) is 0 Å². The van der Waals surface area contributed by atoms with Crippen molar-refractivity contribution in [1.29, 1.82) is 0 Å². The highest BCUT2D eigenvalue weighted by Crippen LogP contribution is 2.40. The number of carbonyl (C=O) groups is 1. The maximum absolute atomic E-state index is 13.8. The van der Waals surface area contributed by atoms with Gasteiger partial charge in [-0.1, -0.05) is 26.8 Å². The zero-order chi connectivity index (χ0) is 21.4. The lowest BCUT2D eigenvalue weighted by Gasteiger charge is -2.39. The lowest BCUT2D eigenvalue weighted by Crippen LogP contribution is -2.50. The summed E-state index contributed by atoms with van der Waals surface area (Å²) in [5.41, 5.74) is -0.0149. The van der Waals surface area contributed by atoms with Gasteiger partial charge in [0.25, 0.3) is 0 Å². The van der Waals surface area contributed by atoms with E-state index >= 15 is 0 Å². The van der Waals surface area contributed by atoms with E-state index < -0.39 is 11.7 Å². The smallest absolute Gasteiger partial charge is 0.371 e. The van der Waals surface area contributed by atoms with E-state index in [4.69, 9.17) is 0 Å². The van der Waals surface area contributed by atoms with Crippen molar-refractivity contribution in [2.75, 3.05) is 51.2 Å². The first-order valence-corrected chi connectivity index (χ1v) is 10.4. The second-order valence-electron chi connectivity index (χ2n) is 9.37. The predicted molar refractivity (Wildman–Crippen MR) is 109 cm³/mol. The molecule has 0 aromatic heterocycles. The Labute approximate surface area is 171 Å². The van der Waals surface area contributed by atoms with Gasteiger partial charge in [-0.3, -0.25) is 4.79 Å². The molecule has 2 saturated heterocycles.